The van der Waals surface area contributed by atoms with Gasteiger partial charge in [-0.25, -0.2) is 0 Å². The van der Waals surface area contributed by atoms with Crippen molar-refractivity contribution in [2.45, 2.75) is 11.4 Å². The van der Waals surface area contributed by atoms with Crippen LogP contribution in [0.1, 0.15) is 5.56 Å². The molecule has 1 aliphatic rings. The predicted molar refractivity (Wildman–Crippen MR) is 115 cm³/mol. The van der Waals surface area contributed by atoms with Crippen LogP contribution in [0.3, 0.4) is 0 Å². The molecule has 0 aliphatic carbocycles. The van der Waals surface area contributed by atoms with Gasteiger partial charge in [0.1, 0.15) is 6.54 Å². The number of pyridine rings is 1. The molecule has 0 spiro atoms. The highest BCUT2D eigenvalue weighted by molar-refractivity contribution is 8.00. The van der Waals surface area contributed by atoms with Crippen molar-refractivity contribution in [2.75, 3.05) is 31.9 Å². The fourth-order valence-corrected chi connectivity index (χ4v) is 5.00. The number of rotatable bonds is 5. The number of piperazine rings is 1. The molecule has 6 heteroatoms. The van der Waals surface area contributed by atoms with E-state index in [1.165, 1.54) is 10.5 Å². The van der Waals surface area contributed by atoms with Crippen LogP contribution in [0.2, 0.25) is 5.02 Å². The van der Waals surface area contributed by atoms with Crippen molar-refractivity contribution in [2.24, 2.45) is 0 Å². The molecule has 1 aliphatic heterocycles. The number of fused-ring (bicyclic) bond motifs is 1. The third kappa shape index (κ3) is 4.49. The van der Waals surface area contributed by atoms with Gasteiger partial charge in [-0.05, 0) is 29.7 Å². The van der Waals surface area contributed by atoms with Gasteiger partial charge in [-0.3, -0.25) is 9.78 Å². The summed E-state index contributed by atoms with van der Waals surface area (Å²) in [7, 11) is 0. The smallest absolute Gasteiger partial charge is 0.233 e. The van der Waals surface area contributed by atoms with Crippen LogP contribution in [0.25, 0.3) is 10.8 Å². The molecular formula is C22H23ClN3OS+. The molecule has 144 valence electrons. The molecule has 0 bridgehead atoms. The number of nitrogens with zero attached hydrogens (tertiary/aromatic N) is 2. The summed E-state index contributed by atoms with van der Waals surface area (Å²) in [6.07, 6.45) is 3.68. The fourth-order valence-electron chi connectivity index (χ4n) is 3.65. The topological polar surface area (TPSA) is 37.6 Å². The highest BCUT2D eigenvalue weighted by atomic mass is 35.5. The maximum absolute atomic E-state index is 12.7. The van der Waals surface area contributed by atoms with Gasteiger partial charge >= 0.3 is 0 Å². The number of nitrogens with one attached hydrogen (secondary N) is 1. The summed E-state index contributed by atoms with van der Waals surface area (Å²) in [5.41, 5.74) is 1.30. The minimum Gasteiger partial charge on any atom is -0.331 e. The Hall–Kier alpha value is -2.08. The number of carbonyl (C=O) groups is 1. The Morgan fingerprint density at radius 3 is 2.54 bits per heavy atom. The monoisotopic (exact) mass is 412 g/mol. The molecule has 1 aromatic heterocycles. The number of carbonyl (C=O) groups excluding carboxylic acids is 1. The van der Waals surface area contributed by atoms with Crippen molar-refractivity contribution < 1.29 is 9.69 Å². The minimum atomic E-state index is 0.206. The van der Waals surface area contributed by atoms with Gasteiger partial charge in [-0.2, -0.15) is 0 Å². The number of benzene rings is 2. The SMILES string of the molecule is O=C(CSc1cccc2cccc(Cl)c12)N1CC[NH+](Cc2ccncc2)CC1. The van der Waals surface area contributed by atoms with Crippen molar-refractivity contribution in [3.8, 4) is 0 Å². The van der Waals surface area contributed by atoms with Gasteiger partial charge in [-0.1, -0.05) is 35.9 Å². The number of thioether (sulfide) groups is 1. The predicted octanol–water partition coefficient (Wildman–Crippen LogP) is 2.91. The van der Waals surface area contributed by atoms with Crippen LogP contribution in [0.15, 0.2) is 65.8 Å². The van der Waals surface area contributed by atoms with Crippen LogP contribution in [-0.2, 0) is 11.3 Å². The molecular weight excluding hydrogens is 390 g/mol. The largest absolute Gasteiger partial charge is 0.331 e. The van der Waals surface area contributed by atoms with E-state index in [1.807, 2.05) is 41.6 Å². The zero-order valence-corrected chi connectivity index (χ0v) is 17.2. The molecule has 4 nitrogen and oxygen atoms in total. The molecule has 0 unspecified atom stereocenters. The van der Waals surface area contributed by atoms with E-state index in [0.29, 0.717) is 5.75 Å². The summed E-state index contributed by atoms with van der Waals surface area (Å²) in [6, 6.07) is 16.2. The number of aromatic nitrogens is 1. The summed E-state index contributed by atoms with van der Waals surface area (Å²) < 4.78 is 0. The van der Waals surface area contributed by atoms with Gasteiger partial charge in [0.05, 0.1) is 31.9 Å². The Morgan fingerprint density at radius 2 is 1.79 bits per heavy atom. The fraction of sp³-hybridized carbons (Fsp3) is 0.273. The Bertz CT molecular complexity index is 953. The second-order valence-electron chi connectivity index (χ2n) is 7.05. The van der Waals surface area contributed by atoms with E-state index in [0.717, 1.165) is 53.4 Å². The average molecular weight is 413 g/mol. The van der Waals surface area contributed by atoms with E-state index in [-0.39, 0.29) is 5.91 Å². The molecule has 1 fully saturated rings. The molecule has 2 heterocycles. The van der Waals surface area contributed by atoms with Crippen LogP contribution in [0.4, 0.5) is 0 Å². The lowest BCUT2D eigenvalue weighted by atomic mass is 10.1. The van der Waals surface area contributed by atoms with E-state index >= 15 is 0 Å². The highest BCUT2D eigenvalue weighted by Gasteiger charge is 2.23. The minimum absolute atomic E-state index is 0.206. The lowest BCUT2D eigenvalue weighted by molar-refractivity contribution is -0.917. The van der Waals surface area contributed by atoms with Crippen LogP contribution < -0.4 is 4.90 Å². The quantitative estimate of drug-likeness (QED) is 0.655. The van der Waals surface area contributed by atoms with Crippen molar-refractivity contribution in [3.63, 3.8) is 0 Å². The molecule has 0 radical (unpaired) electrons. The number of amides is 1. The molecule has 4 rings (SSSR count). The third-order valence-electron chi connectivity index (χ3n) is 5.19. The van der Waals surface area contributed by atoms with Gasteiger partial charge in [0, 0.05) is 33.3 Å². The lowest BCUT2D eigenvalue weighted by Gasteiger charge is -2.32. The summed E-state index contributed by atoms with van der Waals surface area (Å²) >= 11 is 7.97. The summed E-state index contributed by atoms with van der Waals surface area (Å²) in [5.74, 6) is 0.654. The Balaban J connectivity index is 1.32. The van der Waals surface area contributed by atoms with Crippen molar-refractivity contribution in [1.82, 2.24) is 9.88 Å². The van der Waals surface area contributed by atoms with E-state index in [2.05, 4.69) is 29.2 Å². The molecule has 0 atom stereocenters. The summed E-state index contributed by atoms with van der Waals surface area (Å²) in [4.78, 5) is 21.4. The van der Waals surface area contributed by atoms with Crippen molar-refractivity contribution in [1.29, 1.82) is 0 Å². The molecule has 28 heavy (non-hydrogen) atoms. The first-order valence-electron chi connectivity index (χ1n) is 9.51. The third-order valence-corrected chi connectivity index (χ3v) is 6.55. The molecule has 2 aromatic carbocycles. The van der Waals surface area contributed by atoms with Gasteiger partial charge in [0.25, 0.3) is 0 Å². The zero-order valence-electron chi connectivity index (χ0n) is 15.6. The van der Waals surface area contributed by atoms with Gasteiger partial charge in [0.2, 0.25) is 5.91 Å². The number of hydrogen-bond acceptors (Lipinski definition) is 3. The number of hydrogen-bond donors (Lipinski definition) is 1. The first kappa shape index (κ1) is 19.2. The standard InChI is InChI=1S/C22H22ClN3OS/c23-19-5-1-3-18-4-2-6-20(22(18)19)28-16-21(27)26-13-11-25(12-14-26)15-17-7-9-24-10-8-17/h1-10H,11-16H2/p+1. The van der Waals surface area contributed by atoms with E-state index in [4.69, 9.17) is 11.6 Å². The second-order valence-corrected chi connectivity index (χ2v) is 8.47. The summed E-state index contributed by atoms with van der Waals surface area (Å²) in [5, 5.41) is 2.88. The summed E-state index contributed by atoms with van der Waals surface area (Å²) in [6.45, 7) is 4.59. The Morgan fingerprint density at radius 1 is 1.07 bits per heavy atom. The lowest BCUT2D eigenvalue weighted by Crippen LogP contribution is -3.13. The first-order chi connectivity index (χ1) is 13.7. The van der Waals surface area contributed by atoms with Crippen LogP contribution in [-0.4, -0.2) is 47.7 Å². The molecule has 3 aromatic rings. The number of quaternary nitrogens is 1. The van der Waals surface area contributed by atoms with Gasteiger partial charge in [0.15, 0.2) is 0 Å². The van der Waals surface area contributed by atoms with Crippen LogP contribution >= 0.6 is 23.4 Å². The van der Waals surface area contributed by atoms with Crippen molar-refractivity contribution >= 4 is 40.0 Å². The van der Waals surface area contributed by atoms with Gasteiger partial charge < -0.3 is 9.80 Å². The molecule has 1 saturated heterocycles. The average Bonchev–Trinajstić information content (AvgIpc) is 2.73. The Labute approximate surface area is 174 Å². The van der Waals surface area contributed by atoms with Crippen molar-refractivity contribution in [3.05, 3.63) is 71.5 Å². The highest BCUT2D eigenvalue weighted by Crippen LogP contribution is 2.33. The van der Waals surface area contributed by atoms with E-state index in [1.54, 1.807) is 11.8 Å². The van der Waals surface area contributed by atoms with Crippen LogP contribution in [0, 0.1) is 0 Å². The molecule has 1 amide bonds. The zero-order chi connectivity index (χ0) is 19.3. The second kappa shape index (κ2) is 8.95. The number of halogens is 1. The Kier molecular flexibility index (Phi) is 6.15. The molecule has 0 saturated carbocycles. The van der Waals surface area contributed by atoms with E-state index in [9.17, 15) is 4.79 Å². The van der Waals surface area contributed by atoms with E-state index < -0.39 is 0 Å². The molecule has 1 N–H and O–H groups in total. The normalized spacial score (nSPS) is 15.1. The maximum atomic E-state index is 12.7. The maximum Gasteiger partial charge on any atom is 0.233 e. The van der Waals surface area contributed by atoms with Crippen LogP contribution in [0.5, 0.6) is 0 Å². The van der Waals surface area contributed by atoms with Gasteiger partial charge in [-0.15, -0.1) is 11.8 Å². The first-order valence-corrected chi connectivity index (χ1v) is 10.9.